The first kappa shape index (κ1) is 16.4. The third-order valence-corrected chi connectivity index (χ3v) is 5.15. The number of amides is 1. The molecule has 1 aromatic rings. The molecule has 118 valence electrons. The summed E-state index contributed by atoms with van der Waals surface area (Å²) in [6.07, 6.45) is 2.33. The highest BCUT2D eigenvalue weighted by Crippen LogP contribution is 2.21. The number of carbonyl (C=O) groups is 1. The van der Waals surface area contributed by atoms with E-state index in [1.807, 2.05) is 24.0 Å². The molecular formula is C16H26N2O2S. The molecule has 5 heteroatoms. The van der Waals surface area contributed by atoms with E-state index in [1.165, 1.54) is 0 Å². The average Bonchev–Trinajstić information content (AvgIpc) is 2.88. The number of piperidine rings is 1. The number of rotatable bonds is 6. The van der Waals surface area contributed by atoms with Crippen LogP contribution in [-0.2, 0) is 11.3 Å². The van der Waals surface area contributed by atoms with Crippen molar-refractivity contribution < 1.29 is 9.21 Å². The minimum absolute atomic E-state index is 0.191. The molecule has 1 saturated heterocycles. The first-order chi connectivity index (χ1) is 10.1. The molecular weight excluding hydrogens is 284 g/mol. The maximum absolute atomic E-state index is 12.5. The number of furan rings is 1. The maximum atomic E-state index is 12.5. The van der Waals surface area contributed by atoms with E-state index in [9.17, 15) is 4.79 Å². The summed E-state index contributed by atoms with van der Waals surface area (Å²) < 4.78 is 5.60. The fourth-order valence-electron chi connectivity index (χ4n) is 2.53. The van der Waals surface area contributed by atoms with Crippen LogP contribution in [0.2, 0.25) is 0 Å². The molecule has 1 fully saturated rings. The second kappa shape index (κ2) is 7.90. The van der Waals surface area contributed by atoms with Crippen molar-refractivity contribution in [1.29, 1.82) is 0 Å². The molecule has 0 bridgehead atoms. The molecule has 0 aliphatic carbocycles. The summed E-state index contributed by atoms with van der Waals surface area (Å²) in [7, 11) is 0. The molecule has 21 heavy (non-hydrogen) atoms. The Bertz CT molecular complexity index is 453. The number of carbonyl (C=O) groups excluding carboxylic acids is 1. The number of aryl methyl sites for hydroxylation is 1. The van der Waals surface area contributed by atoms with Crippen LogP contribution in [0.1, 0.15) is 38.2 Å². The van der Waals surface area contributed by atoms with Gasteiger partial charge in [-0.25, -0.2) is 0 Å². The largest absolute Gasteiger partial charge is 0.464 e. The summed E-state index contributed by atoms with van der Waals surface area (Å²) in [6, 6.07) is 4.09. The molecule has 1 amide bonds. The van der Waals surface area contributed by atoms with Gasteiger partial charge in [0, 0.05) is 11.3 Å². The van der Waals surface area contributed by atoms with Gasteiger partial charge in [0.2, 0.25) is 5.91 Å². The van der Waals surface area contributed by atoms with E-state index >= 15 is 0 Å². The van der Waals surface area contributed by atoms with E-state index in [1.54, 1.807) is 11.8 Å². The smallest absolute Gasteiger partial charge is 0.233 e. The Morgan fingerprint density at radius 1 is 1.43 bits per heavy atom. The SMILES string of the molecule is Cc1ccc(CN(C(=O)CSC2CCNCC2)C(C)C)o1. The molecule has 0 aromatic carbocycles. The first-order valence-electron chi connectivity index (χ1n) is 7.73. The second-order valence-electron chi connectivity index (χ2n) is 5.89. The molecule has 0 atom stereocenters. The van der Waals surface area contributed by atoms with E-state index in [0.29, 0.717) is 17.5 Å². The van der Waals surface area contributed by atoms with E-state index in [0.717, 1.165) is 37.5 Å². The first-order valence-corrected chi connectivity index (χ1v) is 8.78. The lowest BCUT2D eigenvalue weighted by Gasteiger charge is -2.27. The molecule has 4 nitrogen and oxygen atoms in total. The number of nitrogens with zero attached hydrogens (tertiary/aromatic N) is 1. The van der Waals surface area contributed by atoms with Crippen LogP contribution in [0.5, 0.6) is 0 Å². The molecule has 2 rings (SSSR count). The van der Waals surface area contributed by atoms with Gasteiger partial charge in [0.25, 0.3) is 0 Å². The number of nitrogens with one attached hydrogen (secondary N) is 1. The van der Waals surface area contributed by atoms with Crippen molar-refractivity contribution in [3.63, 3.8) is 0 Å². The van der Waals surface area contributed by atoms with Crippen molar-refractivity contribution >= 4 is 17.7 Å². The molecule has 0 saturated carbocycles. The summed E-state index contributed by atoms with van der Waals surface area (Å²) in [6.45, 7) is 8.76. The zero-order chi connectivity index (χ0) is 15.2. The lowest BCUT2D eigenvalue weighted by atomic mass is 10.2. The van der Waals surface area contributed by atoms with Gasteiger partial charge in [0.15, 0.2) is 0 Å². The predicted octanol–water partition coefficient (Wildman–Crippen LogP) is 2.81. The Labute approximate surface area is 131 Å². The number of hydrogen-bond donors (Lipinski definition) is 1. The van der Waals surface area contributed by atoms with E-state index in [4.69, 9.17) is 4.42 Å². The zero-order valence-electron chi connectivity index (χ0n) is 13.2. The zero-order valence-corrected chi connectivity index (χ0v) is 14.0. The normalized spacial score (nSPS) is 16.4. The molecule has 1 N–H and O–H groups in total. The summed E-state index contributed by atoms with van der Waals surface area (Å²) in [5, 5.41) is 3.98. The molecule has 1 aliphatic heterocycles. The van der Waals surface area contributed by atoms with Crippen LogP contribution >= 0.6 is 11.8 Å². The molecule has 0 radical (unpaired) electrons. The van der Waals surface area contributed by atoms with Crippen molar-refractivity contribution in [2.24, 2.45) is 0 Å². The Hall–Kier alpha value is -0.940. The van der Waals surface area contributed by atoms with Crippen molar-refractivity contribution in [3.8, 4) is 0 Å². The topological polar surface area (TPSA) is 45.5 Å². The highest BCUT2D eigenvalue weighted by atomic mass is 32.2. The second-order valence-corrected chi connectivity index (χ2v) is 7.18. The van der Waals surface area contributed by atoms with Gasteiger partial charge in [-0.15, -0.1) is 11.8 Å². The summed E-state index contributed by atoms with van der Waals surface area (Å²) in [5.74, 6) is 2.54. The van der Waals surface area contributed by atoms with Crippen molar-refractivity contribution in [2.75, 3.05) is 18.8 Å². The van der Waals surface area contributed by atoms with Crippen molar-refractivity contribution in [3.05, 3.63) is 23.7 Å². The number of hydrogen-bond acceptors (Lipinski definition) is 4. The summed E-state index contributed by atoms with van der Waals surface area (Å²) >= 11 is 1.81. The minimum atomic E-state index is 0.191. The molecule has 0 unspecified atom stereocenters. The fourth-order valence-corrected chi connectivity index (χ4v) is 3.64. The van der Waals surface area contributed by atoms with Crippen LogP contribution in [0.15, 0.2) is 16.5 Å². The highest BCUT2D eigenvalue weighted by Gasteiger charge is 2.21. The monoisotopic (exact) mass is 310 g/mol. The fraction of sp³-hybridized carbons (Fsp3) is 0.688. The Kier molecular flexibility index (Phi) is 6.18. The van der Waals surface area contributed by atoms with Gasteiger partial charge >= 0.3 is 0 Å². The van der Waals surface area contributed by atoms with Crippen LogP contribution in [0.4, 0.5) is 0 Å². The lowest BCUT2D eigenvalue weighted by molar-refractivity contribution is -0.130. The van der Waals surface area contributed by atoms with E-state index in [-0.39, 0.29) is 11.9 Å². The van der Waals surface area contributed by atoms with Gasteiger partial charge in [-0.1, -0.05) is 0 Å². The van der Waals surface area contributed by atoms with Crippen molar-refractivity contribution in [2.45, 2.75) is 51.4 Å². The highest BCUT2D eigenvalue weighted by molar-refractivity contribution is 8.00. The third kappa shape index (κ3) is 5.08. The Balaban J connectivity index is 1.86. The van der Waals surface area contributed by atoms with Gasteiger partial charge < -0.3 is 14.6 Å². The van der Waals surface area contributed by atoms with Gasteiger partial charge in [0.05, 0.1) is 12.3 Å². The van der Waals surface area contributed by atoms with Gasteiger partial charge in [-0.05, 0) is 58.8 Å². The third-order valence-electron chi connectivity index (χ3n) is 3.79. The van der Waals surface area contributed by atoms with Crippen LogP contribution in [0, 0.1) is 6.92 Å². The summed E-state index contributed by atoms with van der Waals surface area (Å²) in [5.41, 5.74) is 0. The average molecular weight is 310 g/mol. The maximum Gasteiger partial charge on any atom is 0.233 e. The Morgan fingerprint density at radius 2 is 2.14 bits per heavy atom. The van der Waals surface area contributed by atoms with Gasteiger partial charge in [0.1, 0.15) is 11.5 Å². The van der Waals surface area contributed by atoms with E-state index in [2.05, 4.69) is 19.2 Å². The number of thioether (sulfide) groups is 1. The van der Waals surface area contributed by atoms with Gasteiger partial charge in [-0.3, -0.25) is 4.79 Å². The van der Waals surface area contributed by atoms with Crippen molar-refractivity contribution in [1.82, 2.24) is 10.2 Å². The summed E-state index contributed by atoms with van der Waals surface area (Å²) in [4.78, 5) is 14.4. The van der Waals surface area contributed by atoms with Crippen LogP contribution in [0.25, 0.3) is 0 Å². The predicted molar refractivity (Wildman–Crippen MR) is 87.5 cm³/mol. The molecule has 0 spiro atoms. The van der Waals surface area contributed by atoms with Crippen LogP contribution < -0.4 is 5.32 Å². The van der Waals surface area contributed by atoms with Crippen LogP contribution in [0.3, 0.4) is 0 Å². The van der Waals surface area contributed by atoms with E-state index < -0.39 is 0 Å². The standard InChI is InChI=1S/C16H26N2O2S/c1-12(2)18(10-14-5-4-13(3)20-14)16(19)11-21-15-6-8-17-9-7-15/h4-5,12,15,17H,6-11H2,1-3H3. The molecule has 2 heterocycles. The molecule has 1 aromatic heterocycles. The van der Waals surface area contributed by atoms with Gasteiger partial charge in [-0.2, -0.15) is 0 Å². The lowest BCUT2D eigenvalue weighted by Crippen LogP contribution is -2.38. The minimum Gasteiger partial charge on any atom is -0.464 e. The quantitative estimate of drug-likeness (QED) is 0.877. The van der Waals surface area contributed by atoms with Crippen LogP contribution in [-0.4, -0.2) is 40.9 Å². The molecule has 1 aliphatic rings. The Morgan fingerprint density at radius 3 is 2.71 bits per heavy atom.